The molecule has 1 aromatic rings. The van der Waals surface area contributed by atoms with E-state index in [0.29, 0.717) is 19.6 Å². The van der Waals surface area contributed by atoms with Crippen molar-refractivity contribution in [2.75, 3.05) is 19.8 Å². The first-order chi connectivity index (χ1) is 8.13. The third-order valence-corrected chi connectivity index (χ3v) is 2.56. The van der Waals surface area contributed by atoms with Gasteiger partial charge in [-0.05, 0) is 37.1 Å². The molecule has 0 fully saturated rings. The van der Waals surface area contributed by atoms with Gasteiger partial charge < -0.3 is 14.6 Å². The van der Waals surface area contributed by atoms with Crippen LogP contribution in [0.25, 0.3) is 0 Å². The number of carbonyl (C=O) groups is 1. The molecule has 1 aromatic carbocycles. The number of carboxylic acid groups (broad SMARTS) is 1. The number of hydrogen-bond donors (Lipinski definition) is 1. The number of benzene rings is 1. The summed E-state index contributed by atoms with van der Waals surface area (Å²) in [4.78, 5) is 10.3. The lowest BCUT2D eigenvalue weighted by atomic mass is 10.1. The molecule has 0 heterocycles. The Morgan fingerprint density at radius 1 is 1.47 bits per heavy atom. The maximum Gasteiger partial charge on any atom is 0.329 e. The number of halogens is 1. The molecule has 17 heavy (non-hydrogen) atoms. The minimum atomic E-state index is -0.954. The quantitative estimate of drug-likeness (QED) is 0.786. The van der Waals surface area contributed by atoms with E-state index in [1.54, 1.807) is 0 Å². The monoisotopic (exact) mass is 302 g/mol. The van der Waals surface area contributed by atoms with Gasteiger partial charge in [-0.25, -0.2) is 4.79 Å². The molecule has 1 N–H and O–H groups in total. The molecule has 0 unspecified atom stereocenters. The van der Waals surface area contributed by atoms with E-state index in [0.717, 1.165) is 15.8 Å². The minimum absolute atomic E-state index is 0.266. The van der Waals surface area contributed by atoms with E-state index in [2.05, 4.69) is 15.9 Å². The molecule has 0 radical (unpaired) electrons. The van der Waals surface area contributed by atoms with Gasteiger partial charge in [0.15, 0.2) is 0 Å². The van der Waals surface area contributed by atoms with E-state index < -0.39 is 5.97 Å². The Balaban J connectivity index is 2.55. The van der Waals surface area contributed by atoms with E-state index >= 15 is 0 Å². The van der Waals surface area contributed by atoms with Crippen LogP contribution in [0.4, 0.5) is 0 Å². The Morgan fingerprint density at radius 2 is 2.24 bits per heavy atom. The van der Waals surface area contributed by atoms with E-state index in [1.807, 2.05) is 25.1 Å². The molecule has 0 aromatic heterocycles. The summed E-state index contributed by atoms with van der Waals surface area (Å²) in [7, 11) is 0. The number of hydrogen-bond acceptors (Lipinski definition) is 3. The number of rotatable bonds is 7. The maximum atomic E-state index is 10.3. The molecule has 4 nitrogen and oxygen atoms in total. The van der Waals surface area contributed by atoms with Crippen LogP contribution in [0.3, 0.4) is 0 Å². The van der Waals surface area contributed by atoms with Gasteiger partial charge in [0.1, 0.15) is 12.4 Å². The first-order valence-corrected chi connectivity index (χ1v) is 6.13. The maximum absolute atomic E-state index is 10.3. The Kier molecular flexibility index (Phi) is 6.00. The largest absolute Gasteiger partial charge is 0.494 e. The Labute approximate surface area is 109 Å². The Morgan fingerprint density at radius 3 is 2.88 bits per heavy atom. The summed E-state index contributed by atoms with van der Waals surface area (Å²) < 4.78 is 11.4. The van der Waals surface area contributed by atoms with Crippen molar-refractivity contribution in [3.63, 3.8) is 0 Å². The molecular formula is C12H15BrO4. The average molecular weight is 303 g/mol. The van der Waals surface area contributed by atoms with Crippen LogP contribution in [-0.2, 0) is 16.0 Å². The summed E-state index contributed by atoms with van der Waals surface area (Å²) in [5.41, 5.74) is 1.01. The SMILES string of the molecule is CCOc1ccc(Br)cc1CCOCC(=O)O. The normalized spacial score (nSPS) is 10.2. The topological polar surface area (TPSA) is 55.8 Å². The smallest absolute Gasteiger partial charge is 0.329 e. The zero-order valence-electron chi connectivity index (χ0n) is 9.61. The highest BCUT2D eigenvalue weighted by molar-refractivity contribution is 9.10. The van der Waals surface area contributed by atoms with Crippen molar-refractivity contribution in [3.8, 4) is 5.75 Å². The molecule has 0 spiro atoms. The van der Waals surface area contributed by atoms with Gasteiger partial charge in [0.2, 0.25) is 0 Å². The van der Waals surface area contributed by atoms with Crippen LogP contribution >= 0.6 is 15.9 Å². The summed E-state index contributed by atoms with van der Waals surface area (Å²) in [6.45, 7) is 2.62. The van der Waals surface area contributed by atoms with Crippen molar-refractivity contribution >= 4 is 21.9 Å². The van der Waals surface area contributed by atoms with Crippen molar-refractivity contribution < 1.29 is 19.4 Å². The Bertz CT molecular complexity index is 379. The molecule has 0 atom stereocenters. The van der Waals surface area contributed by atoms with Crippen LogP contribution in [0.2, 0.25) is 0 Å². The molecule has 0 aliphatic rings. The van der Waals surface area contributed by atoms with Gasteiger partial charge in [-0.3, -0.25) is 0 Å². The highest BCUT2D eigenvalue weighted by Gasteiger charge is 2.05. The molecule has 0 amide bonds. The highest BCUT2D eigenvalue weighted by Crippen LogP contribution is 2.23. The van der Waals surface area contributed by atoms with Crippen molar-refractivity contribution in [2.45, 2.75) is 13.3 Å². The average Bonchev–Trinajstić information content (AvgIpc) is 2.28. The predicted octanol–water partition coefficient (Wildman–Crippen LogP) is 2.49. The second-order valence-corrected chi connectivity index (χ2v) is 4.30. The van der Waals surface area contributed by atoms with Crippen LogP contribution in [0, 0.1) is 0 Å². The molecule has 94 valence electrons. The van der Waals surface area contributed by atoms with Crippen molar-refractivity contribution in [1.29, 1.82) is 0 Å². The molecular weight excluding hydrogens is 288 g/mol. The van der Waals surface area contributed by atoms with Crippen molar-refractivity contribution in [1.82, 2.24) is 0 Å². The van der Waals surface area contributed by atoms with Crippen molar-refractivity contribution in [2.24, 2.45) is 0 Å². The fourth-order valence-electron chi connectivity index (χ4n) is 1.38. The summed E-state index contributed by atoms with van der Waals surface area (Å²) in [5, 5.41) is 8.44. The van der Waals surface area contributed by atoms with E-state index in [1.165, 1.54) is 0 Å². The van der Waals surface area contributed by atoms with Crippen molar-refractivity contribution in [3.05, 3.63) is 28.2 Å². The number of ether oxygens (including phenoxy) is 2. The first kappa shape index (κ1) is 14.0. The zero-order valence-corrected chi connectivity index (χ0v) is 11.2. The fourth-order valence-corrected chi connectivity index (χ4v) is 1.79. The second-order valence-electron chi connectivity index (χ2n) is 3.38. The fraction of sp³-hybridized carbons (Fsp3) is 0.417. The third kappa shape index (κ3) is 5.19. The van der Waals surface area contributed by atoms with Crippen LogP contribution in [-0.4, -0.2) is 30.9 Å². The van der Waals surface area contributed by atoms with Gasteiger partial charge in [0, 0.05) is 4.47 Å². The number of carboxylic acids is 1. The first-order valence-electron chi connectivity index (χ1n) is 5.34. The summed E-state index contributed by atoms with van der Waals surface area (Å²) in [6.07, 6.45) is 0.627. The van der Waals surface area contributed by atoms with Gasteiger partial charge in [-0.2, -0.15) is 0 Å². The lowest BCUT2D eigenvalue weighted by molar-refractivity contribution is -0.142. The van der Waals surface area contributed by atoms with E-state index in [4.69, 9.17) is 14.6 Å². The zero-order chi connectivity index (χ0) is 12.7. The van der Waals surface area contributed by atoms with Gasteiger partial charge in [0.25, 0.3) is 0 Å². The standard InChI is InChI=1S/C12H15BrO4/c1-2-17-11-4-3-10(13)7-9(11)5-6-16-8-12(14)15/h3-4,7H,2,5-6,8H2,1H3,(H,14,15). The number of aliphatic carboxylic acids is 1. The molecule has 0 saturated heterocycles. The highest BCUT2D eigenvalue weighted by atomic mass is 79.9. The molecule has 0 bridgehead atoms. The van der Waals surface area contributed by atoms with Crippen LogP contribution < -0.4 is 4.74 Å². The summed E-state index contributed by atoms with van der Waals surface area (Å²) in [6, 6.07) is 5.75. The van der Waals surface area contributed by atoms with E-state index in [9.17, 15) is 4.79 Å². The molecule has 5 heteroatoms. The van der Waals surface area contributed by atoms with Gasteiger partial charge in [-0.15, -0.1) is 0 Å². The molecule has 0 saturated carbocycles. The summed E-state index contributed by atoms with van der Waals surface area (Å²) in [5.74, 6) is -0.140. The minimum Gasteiger partial charge on any atom is -0.494 e. The molecule has 0 aliphatic heterocycles. The van der Waals surface area contributed by atoms with Crippen LogP contribution in [0.15, 0.2) is 22.7 Å². The summed E-state index contributed by atoms with van der Waals surface area (Å²) >= 11 is 3.39. The molecule has 1 rings (SSSR count). The predicted molar refractivity (Wildman–Crippen MR) is 67.5 cm³/mol. The van der Waals surface area contributed by atoms with Gasteiger partial charge >= 0.3 is 5.97 Å². The lowest BCUT2D eigenvalue weighted by Gasteiger charge is -2.10. The van der Waals surface area contributed by atoms with Crippen LogP contribution in [0.1, 0.15) is 12.5 Å². The molecule has 0 aliphatic carbocycles. The second kappa shape index (κ2) is 7.29. The Hall–Kier alpha value is -1.07. The van der Waals surface area contributed by atoms with E-state index in [-0.39, 0.29) is 6.61 Å². The third-order valence-electron chi connectivity index (χ3n) is 2.06. The lowest BCUT2D eigenvalue weighted by Crippen LogP contribution is -2.09. The van der Waals surface area contributed by atoms with Crippen LogP contribution in [0.5, 0.6) is 5.75 Å². The van der Waals surface area contributed by atoms with Gasteiger partial charge in [0.05, 0.1) is 13.2 Å². The van der Waals surface area contributed by atoms with Gasteiger partial charge in [-0.1, -0.05) is 15.9 Å².